The Kier molecular flexibility index (Phi) is 9.35. The summed E-state index contributed by atoms with van der Waals surface area (Å²) in [6.45, 7) is 7.32. The van der Waals surface area contributed by atoms with Crippen molar-refractivity contribution in [2.75, 3.05) is 24.3 Å². The van der Waals surface area contributed by atoms with Crippen LogP contribution in [-0.4, -0.2) is 64.4 Å². The van der Waals surface area contributed by atoms with E-state index in [1.807, 2.05) is 20.8 Å². The van der Waals surface area contributed by atoms with Crippen LogP contribution in [0.3, 0.4) is 0 Å². The smallest absolute Gasteiger partial charge is 0.247 e. The highest BCUT2D eigenvalue weighted by Crippen LogP contribution is 2.35. The van der Waals surface area contributed by atoms with E-state index in [-0.39, 0.29) is 28.8 Å². The minimum absolute atomic E-state index is 0.113. The summed E-state index contributed by atoms with van der Waals surface area (Å²) in [5.41, 5.74) is 5.63. The van der Waals surface area contributed by atoms with Gasteiger partial charge in [0.15, 0.2) is 5.82 Å². The van der Waals surface area contributed by atoms with Gasteiger partial charge in [-0.15, -0.1) is 0 Å². The average Bonchev–Trinajstić information content (AvgIpc) is 3.45. The quantitative estimate of drug-likeness (QED) is 0.276. The maximum Gasteiger partial charge on any atom is 0.247 e. The molecule has 1 aromatic heterocycles. The lowest BCUT2D eigenvalue weighted by molar-refractivity contribution is -0.142. The number of anilines is 3. The van der Waals surface area contributed by atoms with Gasteiger partial charge in [0, 0.05) is 18.0 Å². The highest BCUT2D eigenvalue weighted by atomic mass is 35.5. The third-order valence-corrected chi connectivity index (χ3v) is 7.50. The number of methoxy groups -OCH3 is 1. The van der Waals surface area contributed by atoms with Gasteiger partial charge in [-0.3, -0.25) is 14.4 Å². The number of carbonyl (C=O) groups excluding carboxylic acids is 3. The second kappa shape index (κ2) is 12.6. The van der Waals surface area contributed by atoms with E-state index >= 15 is 0 Å². The number of nitrogens with zero attached hydrogens (tertiary/aromatic N) is 3. The van der Waals surface area contributed by atoms with Crippen molar-refractivity contribution in [1.29, 1.82) is 0 Å². The van der Waals surface area contributed by atoms with Gasteiger partial charge in [0.1, 0.15) is 40.8 Å². The second-order valence-electron chi connectivity index (χ2n) is 11.4. The number of aromatic nitrogens is 2. The normalized spacial score (nSPS) is 16.5. The van der Waals surface area contributed by atoms with E-state index in [1.165, 1.54) is 31.3 Å². The third-order valence-electron chi connectivity index (χ3n) is 7.15. The van der Waals surface area contributed by atoms with Gasteiger partial charge >= 0.3 is 0 Å². The van der Waals surface area contributed by atoms with Crippen LogP contribution in [0.4, 0.5) is 26.0 Å². The van der Waals surface area contributed by atoms with Gasteiger partial charge in [-0.25, -0.2) is 18.7 Å². The summed E-state index contributed by atoms with van der Waals surface area (Å²) in [6, 6.07) is 2.81. The Morgan fingerprint density at radius 1 is 1.16 bits per heavy atom. The number of ether oxygens (including phenoxy) is 1. The molecule has 1 aliphatic rings. The van der Waals surface area contributed by atoms with Gasteiger partial charge < -0.3 is 31.3 Å². The summed E-state index contributed by atoms with van der Waals surface area (Å²) < 4.78 is 33.8. The molecular weight excluding hydrogens is 584 g/mol. The number of hydrogen-bond donors (Lipinski definition) is 4. The van der Waals surface area contributed by atoms with Crippen LogP contribution >= 0.6 is 11.6 Å². The molecule has 0 saturated carbocycles. The number of fused-ring (bicyclic) bond motifs is 1. The molecule has 1 aliphatic heterocycles. The fourth-order valence-electron chi connectivity index (χ4n) is 4.81. The number of nitrogens with one attached hydrogen (secondary N) is 3. The topological polar surface area (TPSA) is 152 Å². The Balaban J connectivity index is 1.63. The van der Waals surface area contributed by atoms with Gasteiger partial charge in [-0.1, -0.05) is 32.4 Å². The predicted molar refractivity (Wildman–Crippen MR) is 159 cm³/mol. The number of nitrogens with two attached hydrogens (primary N) is 1. The van der Waals surface area contributed by atoms with Crippen LogP contribution in [0.25, 0.3) is 10.9 Å². The number of carbonyl (C=O) groups is 3. The predicted octanol–water partition coefficient (Wildman–Crippen LogP) is 4.12. The highest BCUT2D eigenvalue weighted by Gasteiger charge is 2.42. The minimum Gasteiger partial charge on any atom is -0.494 e. The average molecular weight is 618 g/mol. The summed E-state index contributed by atoms with van der Waals surface area (Å²) in [4.78, 5) is 49.6. The third kappa shape index (κ3) is 6.78. The first kappa shape index (κ1) is 31.8. The molecule has 1 fully saturated rings. The molecule has 14 heteroatoms. The minimum atomic E-state index is -0.993. The standard InChI is InChI=1S/C29H34ClF2N7O4/c1-14(33)26(40)38-24(29(2,3)4)28(42)39-10-6-7-20(39)27(41)37-19-11-15-18(12-21(19)43-5)34-13-35-25(15)36-17-9-8-16(31)22(30)23(17)32/h8-9,11-14,20,24H,6-7,10,33H2,1-5H3,(H,37,41)(H,38,40)(H,34,35,36)/t14-,20?,24+/m0/s1. The maximum absolute atomic E-state index is 14.6. The Morgan fingerprint density at radius 2 is 1.88 bits per heavy atom. The second-order valence-corrected chi connectivity index (χ2v) is 11.8. The van der Waals surface area contributed by atoms with Crippen molar-refractivity contribution in [2.24, 2.45) is 11.1 Å². The van der Waals surface area contributed by atoms with Gasteiger partial charge in [-0.05, 0) is 43.4 Å². The Labute approximate surface area is 252 Å². The molecule has 0 radical (unpaired) electrons. The molecule has 230 valence electrons. The van der Waals surface area contributed by atoms with Crippen LogP contribution in [0.5, 0.6) is 5.75 Å². The van der Waals surface area contributed by atoms with Crippen LogP contribution in [0, 0.1) is 17.0 Å². The van der Waals surface area contributed by atoms with Crippen LogP contribution in [0.2, 0.25) is 5.02 Å². The van der Waals surface area contributed by atoms with E-state index in [0.717, 1.165) is 6.07 Å². The number of rotatable bonds is 8. The number of halogens is 3. The molecule has 0 spiro atoms. The lowest BCUT2D eigenvalue weighted by atomic mass is 9.85. The fourth-order valence-corrected chi connectivity index (χ4v) is 4.97. The number of benzene rings is 2. The lowest BCUT2D eigenvalue weighted by Crippen LogP contribution is -2.59. The Bertz CT molecular complexity index is 1560. The molecule has 3 atom stereocenters. The van der Waals surface area contributed by atoms with Gasteiger partial charge in [0.25, 0.3) is 0 Å². The van der Waals surface area contributed by atoms with Gasteiger partial charge in [-0.2, -0.15) is 0 Å². The number of likely N-dealkylation sites (tertiary alicyclic amines) is 1. The molecular formula is C29H34ClF2N7O4. The number of amides is 3. The summed E-state index contributed by atoms with van der Waals surface area (Å²) in [5, 5.41) is 8.10. The van der Waals surface area contributed by atoms with Gasteiger partial charge in [0.2, 0.25) is 17.7 Å². The van der Waals surface area contributed by atoms with Crippen LogP contribution in [0.1, 0.15) is 40.5 Å². The lowest BCUT2D eigenvalue weighted by Gasteiger charge is -2.35. The van der Waals surface area contributed by atoms with Crippen LogP contribution in [-0.2, 0) is 14.4 Å². The SMILES string of the molecule is COc1cc2ncnc(Nc3ccc(F)c(Cl)c3F)c2cc1NC(=O)C1CCCN1C(=O)[C@@H](NC(=O)[C@H](C)N)C(C)(C)C. The largest absolute Gasteiger partial charge is 0.494 e. The van der Waals surface area contributed by atoms with Crippen molar-refractivity contribution < 1.29 is 27.9 Å². The van der Waals surface area contributed by atoms with E-state index in [0.29, 0.717) is 30.3 Å². The molecule has 1 saturated heterocycles. The molecule has 11 nitrogen and oxygen atoms in total. The van der Waals surface area contributed by atoms with Crippen LogP contribution < -0.4 is 26.4 Å². The monoisotopic (exact) mass is 617 g/mol. The van der Waals surface area contributed by atoms with E-state index in [1.54, 1.807) is 12.1 Å². The summed E-state index contributed by atoms with van der Waals surface area (Å²) in [5.74, 6) is -2.76. The molecule has 3 amide bonds. The first-order valence-corrected chi connectivity index (χ1v) is 14.0. The van der Waals surface area contributed by atoms with Crippen molar-refractivity contribution in [3.8, 4) is 5.75 Å². The zero-order valence-electron chi connectivity index (χ0n) is 24.4. The van der Waals surface area contributed by atoms with Crippen molar-refractivity contribution in [2.45, 2.75) is 58.7 Å². The molecule has 4 rings (SSSR count). The van der Waals surface area contributed by atoms with Gasteiger partial charge in [0.05, 0.1) is 30.0 Å². The maximum atomic E-state index is 14.6. The Hall–Kier alpha value is -4.10. The zero-order chi connectivity index (χ0) is 31.6. The van der Waals surface area contributed by atoms with Crippen molar-refractivity contribution in [3.63, 3.8) is 0 Å². The van der Waals surface area contributed by atoms with Crippen LogP contribution in [0.15, 0.2) is 30.6 Å². The molecule has 0 bridgehead atoms. The zero-order valence-corrected chi connectivity index (χ0v) is 25.2. The van der Waals surface area contributed by atoms with Crippen molar-refractivity contribution in [3.05, 3.63) is 47.2 Å². The highest BCUT2D eigenvalue weighted by molar-refractivity contribution is 6.31. The molecule has 2 heterocycles. The molecule has 1 unspecified atom stereocenters. The summed E-state index contributed by atoms with van der Waals surface area (Å²) >= 11 is 5.73. The van der Waals surface area contributed by atoms with E-state index in [4.69, 9.17) is 22.1 Å². The molecule has 0 aliphatic carbocycles. The van der Waals surface area contributed by atoms with E-state index in [9.17, 15) is 23.2 Å². The van der Waals surface area contributed by atoms with Crippen molar-refractivity contribution >= 4 is 57.4 Å². The Morgan fingerprint density at radius 3 is 2.53 bits per heavy atom. The molecule has 5 N–H and O–H groups in total. The van der Waals surface area contributed by atoms with Crippen molar-refractivity contribution in [1.82, 2.24) is 20.2 Å². The number of hydrogen-bond acceptors (Lipinski definition) is 8. The molecule has 43 heavy (non-hydrogen) atoms. The summed E-state index contributed by atoms with van der Waals surface area (Å²) in [7, 11) is 1.42. The first-order chi connectivity index (χ1) is 20.2. The first-order valence-electron chi connectivity index (χ1n) is 13.6. The molecule has 3 aromatic rings. The van der Waals surface area contributed by atoms with E-state index < -0.39 is 52.0 Å². The molecule has 2 aromatic carbocycles. The summed E-state index contributed by atoms with van der Waals surface area (Å²) in [6.07, 6.45) is 2.25. The fraction of sp³-hybridized carbons (Fsp3) is 0.414. The van der Waals surface area contributed by atoms with E-state index in [2.05, 4.69) is 25.9 Å².